The van der Waals surface area contributed by atoms with Crippen molar-refractivity contribution in [1.82, 2.24) is 25.1 Å². The van der Waals surface area contributed by atoms with Crippen LogP contribution in [0.25, 0.3) is 11.0 Å². The van der Waals surface area contributed by atoms with E-state index in [0.717, 1.165) is 35.8 Å². The summed E-state index contributed by atoms with van der Waals surface area (Å²) >= 11 is 0. The lowest BCUT2D eigenvalue weighted by Gasteiger charge is -2.41. The first-order valence-corrected chi connectivity index (χ1v) is 7.48. The topological polar surface area (TPSA) is 75.9 Å². The summed E-state index contributed by atoms with van der Waals surface area (Å²) in [5, 5.41) is 8.29. The zero-order valence-corrected chi connectivity index (χ0v) is 13.7. The van der Waals surface area contributed by atoms with E-state index in [1.807, 2.05) is 34.7 Å². The molecule has 2 aromatic heterocycles. The maximum atomic E-state index is 12.0. The van der Waals surface area contributed by atoms with Gasteiger partial charge in [0.15, 0.2) is 5.65 Å². The highest BCUT2D eigenvalue weighted by Gasteiger charge is 2.33. The summed E-state index contributed by atoms with van der Waals surface area (Å²) < 4.78 is 1.76. The number of hydrogen-bond acceptors (Lipinski definition) is 5. The lowest BCUT2D eigenvalue weighted by atomic mass is 9.94. The van der Waals surface area contributed by atoms with Crippen molar-refractivity contribution in [3.05, 3.63) is 12.0 Å². The molecule has 0 radical (unpaired) electrons. The summed E-state index contributed by atoms with van der Waals surface area (Å²) in [4.78, 5) is 23.1. The summed E-state index contributed by atoms with van der Waals surface area (Å²) in [7, 11) is 1.88. The minimum atomic E-state index is -0.359. The number of carbonyl (C=O) groups excluding carboxylic acids is 1. The summed E-state index contributed by atoms with van der Waals surface area (Å²) in [5.41, 5.74) is 0.479. The van der Waals surface area contributed by atoms with Crippen molar-refractivity contribution in [1.29, 1.82) is 0 Å². The van der Waals surface area contributed by atoms with E-state index in [1.165, 1.54) is 0 Å². The second kappa shape index (κ2) is 4.93. The van der Waals surface area contributed by atoms with Crippen LogP contribution in [0.15, 0.2) is 6.20 Å². The van der Waals surface area contributed by atoms with Gasteiger partial charge >= 0.3 is 0 Å². The second-order valence-corrected chi connectivity index (χ2v) is 6.93. The van der Waals surface area contributed by atoms with E-state index in [4.69, 9.17) is 0 Å². The molecule has 1 N–H and O–H groups in total. The van der Waals surface area contributed by atoms with Gasteiger partial charge in [-0.3, -0.25) is 9.48 Å². The standard InChI is InChI=1S/C15H22N6O/c1-9-17-12-11(6-16-20(12)5)13(18-9)21-7-10(8-21)19-14(22)15(2,3)4/h6,10H,7-8H2,1-5H3,(H,19,22). The highest BCUT2D eigenvalue weighted by atomic mass is 16.2. The molecular weight excluding hydrogens is 280 g/mol. The van der Waals surface area contributed by atoms with Gasteiger partial charge in [-0.05, 0) is 6.92 Å². The van der Waals surface area contributed by atoms with Crippen molar-refractivity contribution >= 4 is 22.8 Å². The van der Waals surface area contributed by atoms with Crippen LogP contribution in [-0.4, -0.2) is 44.8 Å². The Balaban J connectivity index is 1.75. The van der Waals surface area contributed by atoms with Gasteiger partial charge in [0.25, 0.3) is 0 Å². The minimum Gasteiger partial charge on any atom is -0.352 e. The van der Waals surface area contributed by atoms with Crippen LogP contribution in [-0.2, 0) is 11.8 Å². The van der Waals surface area contributed by atoms with E-state index in [0.29, 0.717) is 0 Å². The number of carbonyl (C=O) groups is 1. The van der Waals surface area contributed by atoms with E-state index in [9.17, 15) is 4.79 Å². The average Bonchev–Trinajstić information content (AvgIpc) is 2.73. The molecule has 1 aliphatic heterocycles. The molecule has 118 valence electrons. The Morgan fingerprint density at radius 3 is 2.64 bits per heavy atom. The summed E-state index contributed by atoms with van der Waals surface area (Å²) in [6, 6.07) is 0.175. The first-order valence-electron chi connectivity index (χ1n) is 7.48. The molecule has 1 saturated heterocycles. The molecule has 3 heterocycles. The molecule has 2 aromatic rings. The number of rotatable bonds is 2. The van der Waals surface area contributed by atoms with Gasteiger partial charge in [-0.1, -0.05) is 20.8 Å². The van der Waals surface area contributed by atoms with Crippen LogP contribution in [0.1, 0.15) is 26.6 Å². The third-order valence-corrected chi connectivity index (χ3v) is 3.88. The molecule has 0 saturated carbocycles. The van der Waals surface area contributed by atoms with Crippen LogP contribution in [0.2, 0.25) is 0 Å². The number of nitrogens with zero attached hydrogens (tertiary/aromatic N) is 5. The van der Waals surface area contributed by atoms with Crippen LogP contribution in [0, 0.1) is 12.3 Å². The van der Waals surface area contributed by atoms with Gasteiger partial charge in [-0.2, -0.15) is 5.10 Å². The van der Waals surface area contributed by atoms with Crippen LogP contribution in [0.4, 0.5) is 5.82 Å². The van der Waals surface area contributed by atoms with E-state index in [-0.39, 0.29) is 17.4 Å². The molecule has 0 aromatic carbocycles. The molecule has 0 atom stereocenters. The molecule has 0 aliphatic carbocycles. The van der Waals surface area contributed by atoms with Crippen molar-refractivity contribution in [2.75, 3.05) is 18.0 Å². The van der Waals surface area contributed by atoms with Gasteiger partial charge in [0, 0.05) is 25.6 Å². The fourth-order valence-electron chi connectivity index (χ4n) is 2.50. The van der Waals surface area contributed by atoms with Gasteiger partial charge in [-0.25, -0.2) is 9.97 Å². The number of aromatic nitrogens is 4. The Labute approximate surface area is 129 Å². The van der Waals surface area contributed by atoms with Crippen molar-refractivity contribution in [3.8, 4) is 0 Å². The quantitative estimate of drug-likeness (QED) is 0.896. The fraction of sp³-hybridized carbons (Fsp3) is 0.600. The van der Waals surface area contributed by atoms with Crippen LogP contribution < -0.4 is 10.2 Å². The number of fused-ring (bicyclic) bond motifs is 1. The molecule has 7 nitrogen and oxygen atoms in total. The van der Waals surface area contributed by atoms with Crippen LogP contribution in [0.5, 0.6) is 0 Å². The maximum Gasteiger partial charge on any atom is 0.225 e. The minimum absolute atomic E-state index is 0.0857. The van der Waals surface area contributed by atoms with Gasteiger partial charge in [0.1, 0.15) is 11.6 Å². The normalized spacial score (nSPS) is 16.0. The zero-order chi connectivity index (χ0) is 16.1. The Morgan fingerprint density at radius 2 is 2.00 bits per heavy atom. The molecular formula is C15H22N6O. The third kappa shape index (κ3) is 2.51. The molecule has 22 heavy (non-hydrogen) atoms. The van der Waals surface area contributed by atoms with E-state index >= 15 is 0 Å². The number of nitrogens with one attached hydrogen (secondary N) is 1. The van der Waals surface area contributed by atoms with Crippen molar-refractivity contribution < 1.29 is 4.79 Å². The largest absolute Gasteiger partial charge is 0.352 e. The molecule has 3 rings (SSSR count). The first-order chi connectivity index (χ1) is 10.3. The van der Waals surface area contributed by atoms with Gasteiger partial charge in [-0.15, -0.1) is 0 Å². The highest BCUT2D eigenvalue weighted by molar-refractivity contribution is 5.88. The van der Waals surface area contributed by atoms with Crippen molar-refractivity contribution in [2.24, 2.45) is 12.5 Å². The molecule has 1 amide bonds. The summed E-state index contributed by atoms with van der Waals surface area (Å²) in [6.45, 7) is 9.18. The molecule has 0 spiro atoms. The third-order valence-electron chi connectivity index (χ3n) is 3.88. The van der Waals surface area contributed by atoms with Gasteiger partial charge in [0.05, 0.1) is 17.6 Å². The molecule has 7 heteroatoms. The number of anilines is 1. The number of hydrogen-bond donors (Lipinski definition) is 1. The lowest BCUT2D eigenvalue weighted by molar-refractivity contribution is -0.129. The highest BCUT2D eigenvalue weighted by Crippen LogP contribution is 2.27. The number of amides is 1. The smallest absolute Gasteiger partial charge is 0.225 e. The monoisotopic (exact) mass is 302 g/mol. The van der Waals surface area contributed by atoms with Crippen molar-refractivity contribution in [2.45, 2.75) is 33.7 Å². The van der Waals surface area contributed by atoms with Crippen molar-refractivity contribution in [3.63, 3.8) is 0 Å². The maximum absolute atomic E-state index is 12.0. The predicted molar refractivity (Wildman–Crippen MR) is 84.6 cm³/mol. The van der Waals surface area contributed by atoms with Crippen LogP contribution >= 0.6 is 0 Å². The average molecular weight is 302 g/mol. The molecule has 0 unspecified atom stereocenters. The summed E-state index contributed by atoms with van der Waals surface area (Å²) in [5.74, 6) is 1.72. The van der Waals surface area contributed by atoms with E-state index in [1.54, 1.807) is 10.9 Å². The van der Waals surface area contributed by atoms with Crippen LogP contribution in [0.3, 0.4) is 0 Å². The van der Waals surface area contributed by atoms with Gasteiger partial charge < -0.3 is 10.2 Å². The lowest BCUT2D eigenvalue weighted by Crippen LogP contribution is -2.61. The fourth-order valence-corrected chi connectivity index (χ4v) is 2.50. The van der Waals surface area contributed by atoms with E-state index < -0.39 is 0 Å². The predicted octanol–water partition coefficient (Wildman–Crippen LogP) is 1.02. The Morgan fingerprint density at radius 1 is 1.32 bits per heavy atom. The SMILES string of the molecule is Cc1nc(N2CC(NC(=O)C(C)(C)C)C2)c2cnn(C)c2n1. The summed E-state index contributed by atoms with van der Waals surface area (Å²) in [6.07, 6.45) is 1.80. The Kier molecular flexibility index (Phi) is 3.30. The molecule has 0 bridgehead atoms. The van der Waals surface area contributed by atoms with E-state index in [2.05, 4.69) is 25.3 Å². The van der Waals surface area contributed by atoms with Gasteiger partial charge in [0.2, 0.25) is 5.91 Å². The Bertz CT molecular complexity index is 723. The zero-order valence-electron chi connectivity index (χ0n) is 13.7. The first kappa shape index (κ1) is 14.7. The second-order valence-electron chi connectivity index (χ2n) is 6.93. The number of aryl methyl sites for hydroxylation is 2. The molecule has 1 aliphatic rings. The Hall–Kier alpha value is -2.18. The molecule has 1 fully saturated rings.